The molecule has 2 heterocycles. The standard InChI is InChI=1S/C12H15ClN2S2/c1-15(7-10-3-5-16-8-10)4-2-12-14-11(6-13)9-17-12/h3,5,8-9H,2,4,6-7H2,1H3. The Morgan fingerprint density at radius 1 is 1.41 bits per heavy atom. The van der Waals surface area contributed by atoms with Crippen molar-refractivity contribution in [2.75, 3.05) is 13.6 Å². The van der Waals surface area contributed by atoms with Gasteiger partial charge in [0.2, 0.25) is 0 Å². The maximum absolute atomic E-state index is 5.73. The van der Waals surface area contributed by atoms with Gasteiger partial charge in [-0.1, -0.05) is 0 Å². The Morgan fingerprint density at radius 2 is 2.29 bits per heavy atom. The molecule has 0 saturated carbocycles. The van der Waals surface area contributed by atoms with Crippen LogP contribution in [0.1, 0.15) is 16.3 Å². The highest BCUT2D eigenvalue weighted by Crippen LogP contribution is 2.13. The molecular weight excluding hydrogens is 272 g/mol. The number of rotatable bonds is 6. The van der Waals surface area contributed by atoms with Crippen LogP contribution in [0.15, 0.2) is 22.2 Å². The first-order valence-corrected chi connectivity index (χ1v) is 7.82. The van der Waals surface area contributed by atoms with Gasteiger partial charge in [-0.15, -0.1) is 22.9 Å². The molecule has 5 heteroatoms. The van der Waals surface area contributed by atoms with Crippen molar-refractivity contribution in [3.8, 4) is 0 Å². The Kier molecular flexibility index (Phi) is 4.98. The number of alkyl halides is 1. The quantitative estimate of drug-likeness (QED) is 0.754. The average molecular weight is 287 g/mol. The highest BCUT2D eigenvalue weighted by Gasteiger charge is 2.04. The van der Waals surface area contributed by atoms with Gasteiger partial charge in [0.1, 0.15) is 0 Å². The molecule has 0 aromatic carbocycles. The number of nitrogens with zero attached hydrogens (tertiary/aromatic N) is 2. The van der Waals surface area contributed by atoms with E-state index in [1.54, 1.807) is 22.7 Å². The maximum Gasteiger partial charge on any atom is 0.0941 e. The van der Waals surface area contributed by atoms with Crippen LogP contribution in [-0.4, -0.2) is 23.5 Å². The highest BCUT2D eigenvalue weighted by molar-refractivity contribution is 7.09. The molecule has 2 nitrogen and oxygen atoms in total. The monoisotopic (exact) mass is 286 g/mol. The Hall–Kier alpha value is -0.420. The van der Waals surface area contributed by atoms with Crippen LogP contribution in [0, 0.1) is 0 Å². The summed E-state index contributed by atoms with van der Waals surface area (Å²) < 4.78 is 0. The molecule has 0 spiro atoms. The summed E-state index contributed by atoms with van der Waals surface area (Å²) in [5.41, 5.74) is 2.38. The minimum absolute atomic E-state index is 0.515. The minimum atomic E-state index is 0.515. The first-order chi connectivity index (χ1) is 8.28. The van der Waals surface area contributed by atoms with Crippen LogP contribution in [-0.2, 0) is 18.8 Å². The summed E-state index contributed by atoms with van der Waals surface area (Å²) in [6.45, 7) is 2.04. The lowest BCUT2D eigenvalue weighted by atomic mass is 10.3. The number of hydrogen-bond donors (Lipinski definition) is 0. The fourth-order valence-corrected chi connectivity index (χ4v) is 3.26. The van der Waals surface area contributed by atoms with E-state index in [-0.39, 0.29) is 0 Å². The van der Waals surface area contributed by atoms with E-state index in [9.17, 15) is 0 Å². The number of thiophene rings is 1. The maximum atomic E-state index is 5.73. The smallest absolute Gasteiger partial charge is 0.0941 e. The van der Waals surface area contributed by atoms with Gasteiger partial charge in [-0.3, -0.25) is 0 Å². The van der Waals surface area contributed by atoms with Gasteiger partial charge in [0.05, 0.1) is 16.6 Å². The highest BCUT2D eigenvalue weighted by atomic mass is 35.5. The van der Waals surface area contributed by atoms with E-state index >= 15 is 0 Å². The van der Waals surface area contributed by atoms with E-state index in [1.165, 1.54) is 10.6 Å². The summed E-state index contributed by atoms with van der Waals surface area (Å²) in [5, 5.41) is 7.54. The van der Waals surface area contributed by atoms with E-state index in [0.717, 1.165) is 25.2 Å². The summed E-state index contributed by atoms with van der Waals surface area (Å²) in [7, 11) is 2.15. The first-order valence-electron chi connectivity index (χ1n) is 5.47. The summed E-state index contributed by atoms with van der Waals surface area (Å²) in [6.07, 6.45) is 1.00. The largest absolute Gasteiger partial charge is 0.302 e. The molecule has 0 aliphatic rings. The zero-order valence-electron chi connectivity index (χ0n) is 9.73. The Balaban J connectivity index is 1.77. The predicted molar refractivity (Wildman–Crippen MR) is 76.0 cm³/mol. The van der Waals surface area contributed by atoms with Gasteiger partial charge in [0.15, 0.2) is 0 Å². The van der Waals surface area contributed by atoms with E-state index in [1.807, 2.05) is 5.38 Å². The van der Waals surface area contributed by atoms with E-state index < -0.39 is 0 Å². The summed E-state index contributed by atoms with van der Waals surface area (Å²) in [6, 6.07) is 2.18. The van der Waals surface area contributed by atoms with Crippen molar-refractivity contribution >= 4 is 34.3 Å². The normalized spacial score (nSPS) is 11.2. The lowest BCUT2D eigenvalue weighted by molar-refractivity contribution is 0.331. The third-order valence-electron chi connectivity index (χ3n) is 2.48. The molecule has 0 atom stereocenters. The molecule has 2 rings (SSSR count). The molecule has 0 N–H and O–H groups in total. The van der Waals surface area contributed by atoms with Gasteiger partial charge in [-0.25, -0.2) is 4.98 Å². The Labute approximate surface area is 115 Å². The number of aromatic nitrogens is 1. The molecule has 92 valence electrons. The lowest BCUT2D eigenvalue weighted by Crippen LogP contribution is -2.20. The number of likely N-dealkylation sites (N-methyl/N-ethyl adjacent to an activating group) is 1. The van der Waals surface area contributed by atoms with E-state index in [2.05, 4.69) is 33.8 Å². The summed E-state index contributed by atoms with van der Waals surface area (Å²) in [4.78, 5) is 6.78. The van der Waals surface area contributed by atoms with Gasteiger partial charge in [0.25, 0.3) is 0 Å². The van der Waals surface area contributed by atoms with Gasteiger partial charge < -0.3 is 4.90 Å². The van der Waals surface area contributed by atoms with Gasteiger partial charge in [-0.2, -0.15) is 11.3 Å². The van der Waals surface area contributed by atoms with E-state index in [0.29, 0.717) is 5.88 Å². The molecule has 0 unspecified atom stereocenters. The Morgan fingerprint density at radius 3 is 2.94 bits per heavy atom. The van der Waals surface area contributed by atoms with Crippen molar-refractivity contribution in [3.05, 3.63) is 38.5 Å². The zero-order valence-corrected chi connectivity index (χ0v) is 12.1. The average Bonchev–Trinajstić information content (AvgIpc) is 2.96. The van der Waals surface area contributed by atoms with Crippen LogP contribution < -0.4 is 0 Å². The molecular formula is C12H15ClN2S2. The van der Waals surface area contributed by atoms with Crippen LogP contribution in [0.4, 0.5) is 0 Å². The van der Waals surface area contributed by atoms with Crippen LogP contribution >= 0.6 is 34.3 Å². The minimum Gasteiger partial charge on any atom is -0.302 e. The van der Waals surface area contributed by atoms with Gasteiger partial charge in [-0.05, 0) is 29.4 Å². The molecule has 0 aliphatic heterocycles. The fraction of sp³-hybridized carbons (Fsp3) is 0.417. The van der Waals surface area contributed by atoms with Crippen molar-refractivity contribution in [1.82, 2.24) is 9.88 Å². The van der Waals surface area contributed by atoms with Crippen LogP contribution in [0.2, 0.25) is 0 Å². The fourth-order valence-electron chi connectivity index (χ4n) is 1.58. The van der Waals surface area contributed by atoms with Crippen molar-refractivity contribution in [3.63, 3.8) is 0 Å². The van der Waals surface area contributed by atoms with Gasteiger partial charge >= 0.3 is 0 Å². The van der Waals surface area contributed by atoms with E-state index in [4.69, 9.17) is 11.6 Å². The number of thiazole rings is 1. The summed E-state index contributed by atoms with van der Waals surface area (Å²) in [5.74, 6) is 0.515. The van der Waals surface area contributed by atoms with Crippen molar-refractivity contribution in [1.29, 1.82) is 0 Å². The van der Waals surface area contributed by atoms with Crippen LogP contribution in [0.5, 0.6) is 0 Å². The Bertz CT molecular complexity index is 439. The molecule has 0 radical (unpaired) electrons. The molecule has 2 aromatic rings. The molecule has 0 bridgehead atoms. The van der Waals surface area contributed by atoms with Crippen LogP contribution in [0.25, 0.3) is 0 Å². The topological polar surface area (TPSA) is 16.1 Å². The number of halogens is 1. The molecule has 0 aliphatic carbocycles. The molecule has 17 heavy (non-hydrogen) atoms. The third kappa shape index (κ3) is 4.07. The zero-order chi connectivity index (χ0) is 12.1. The molecule has 0 saturated heterocycles. The first kappa shape index (κ1) is 13.0. The predicted octanol–water partition coefficient (Wildman–Crippen LogP) is 3.62. The molecule has 2 aromatic heterocycles. The lowest BCUT2D eigenvalue weighted by Gasteiger charge is -2.14. The number of hydrogen-bond acceptors (Lipinski definition) is 4. The molecule has 0 fully saturated rings. The SMILES string of the molecule is CN(CCc1nc(CCl)cs1)Cc1ccsc1. The third-order valence-corrected chi connectivity index (χ3v) is 4.44. The second-order valence-corrected chi connectivity index (χ2v) is 5.98. The van der Waals surface area contributed by atoms with Crippen molar-refractivity contribution in [2.24, 2.45) is 0 Å². The van der Waals surface area contributed by atoms with Gasteiger partial charge in [0, 0.05) is 24.9 Å². The second kappa shape index (κ2) is 6.50. The van der Waals surface area contributed by atoms with Crippen molar-refractivity contribution < 1.29 is 0 Å². The van der Waals surface area contributed by atoms with Crippen molar-refractivity contribution in [2.45, 2.75) is 18.8 Å². The summed E-state index contributed by atoms with van der Waals surface area (Å²) >= 11 is 9.19. The second-order valence-electron chi connectivity index (χ2n) is 3.99. The molecule has 0 amide bonds. The van der Waals surface area contributed by atoms with Crippen LogP contribution in [0.3, 0.4) is 0 Å².